The van der Waals surface area contributed by atoms with Crippen molar-refractivity contribution in [3.8, 4) is 0 Å². The Hall–Kier alpha value is -1.15. The van der Waals surface area contributed by atoms with Crippen LogP contribution >= 0.6 is 0 Å². The SMILES string of the molecule is CN[C@H](Cc1ccccc1)C(C)=O. The van der Waals surface area contributed by atoms with E-state index in [1.807, 2.05) is 37.4 Å². The Bertz CT molecular complexity index is 269. The summed E-state index contributed by atoms with van der Waals surface area (Å²) in [6, 6.07) is 9.97. The van der Waals surface area contributed by atoms with E-state index in [2.05, 4.69) is 5.32 Å². The van der Waals surface area contributed by atoms with Crippen LogP contribution in [0.5, 0.6) is 0 Å². The third-order valence-electron chi connectivity index (χ3n) is 2.12. The summed E-state index contributed by atoms with van der Waals surface area (Å²) in [7, 11) is 1.81. The number of rotatable bonds is 4. The van der Waals surface area contributed by atoms with Crippen LogP contribution in [-0.4, -0.2) is 18.9 Å². The third-order valence-corrected chi connectivity index (χ3v) is 2.12. The monoisotopic (exact) mass is 177 g/mol. The summed E-state index contributed by atoms with van der Waals surface area (Å²) in [5, 5.41) is 3.00. The Labute approximate surface area is 79.0 Å². The highest BCUT2D eigenvalue weighted by Gasteiger charge is 2.11. The van der Waals surface area contributed by atoms with Crippen molar-refractivity contribution in [2.45, 2.75) is 19.4 Å². The lowest BCUT2D eigenvalue weighted by atomic mass is 10.0. The second kappa shape index (κ2) is 4.77. The minimum absolute atomic E-state index is 0.0533. The molecule has 70 valence electrons. The lowest BCUT2D eigenvalue weighted by Crippen LogP contribution is -2.34. The van der Waals surface area contributed by atoms with E-state index < -0.39 is 0 Å². The van der Waals surface area contributed by atoms with E-state index in [0.29, 0.717) is 0 Å². The number of benzene rings is 1. The summed E-state index contributed by atoms with van der Waals surface area (Å²) in [4.78, 5) is 11.1. The molecule has 0 aliphatic rings. The molecule has 0 radical (unpaired) electrons. The maximum absolute atomic E-state index is 11.1. The topological polar surface area (TPSA) is 29.1 Å². The van der Waals surface area contributed by atoms with Crippen molar-refractivity contribution in [2.24, 2.45) is 0 Å². The Morgan fingerprint density at radius 1 is 1.38 bits per heavy atom. The van der Waals surface area contributed by atoms with E-state index in [9.17, 15) is 4.79 Å². The Balaban J connectivity index is 2.62. The van der Waals surface area contributed by atoms with Crippen molar-refractivity contribution >= 4 is 5.78 Å². The van der Waals surface area contributed by atoms with E-state index >= 15 is 0 Å². The van der Waals surface area contributed by atoms with E-state index in [1.165, 1.54) is 5.56 Å². The molecule has 0 saturated carbocycles. The van der Waals surface area contributed by atoms with Gasteiger partial charge in [0, 0.05) is 0 Å². The van der Waals surface area contributed by atoms with Crippen molar-refractivity contribution in [3.05, 3.63) is 35.9 Å². The molecule has 1 aromatic rings. The largest absolute Gasteiger partial charge is 0.310 e. The molecule has 0 bridgehead atoms. The highest BCUT2D eigenvalue weighted by atomic mass is 16.1. The first-order valence-corrected chi connectivity index (χ1v) is 4.45. The summed E-state index contributed by atoms with van der Waals surface area (Å²) < 4.78 is 0. The summed E-state index contributed by atoms with van der Waals surface area (Å²) in [6.45, 7) is 1.62. The predicted molar refractivity (Wildman–Crippen MR) is 53.7 cm³/mol. The molecule has 0 heterocycles. The van der Waals surface area contributed by atoms with Crippen molar-refractivity contribution in [2.75, 3.05) is 7.05 Å². The fourth-order valence-electron chi connectivity index (χ4n) is 1.30. The number of ketones is 1. The van der Waals surface area contributed by atoms with Crippen LogP contribution in [0.2, 0.25) is 0 Å². The highest BCUT2D eigenvalue weighted by molar-refractivity contribution is 5.81. The molecular formula is C11H15NO. The highest BCUT2D eigenvalue weighted by Crippen LogP contribution is 2.03. The van der Waals surface area contributed by atoms with Gasteiger partial charge in [-0.2, -0.15) is 0 Å². The van der Waals surface area contributed by atoms with E-state index in [4.69, 9.17) is 0 Å². The van der Waals surface area contributed by atoms with E-state index in [-0.39, 0.29) is 11.8 Å². The molecule has 1 atom stereocenters. The normalized spacial score (nSPS) is 12.5. The molecule has 0 unspecified atom stereocenters. The minimum atomic E-state index is -0.0533. The Morgan fingerprint density at radius 2 is 2.00 bits per heavy atom. The Morgan fingerprint density at radius 3 is 2.46 bits per heavy atom. The number of hydrogen-bond acceptors (Lipinski definition) is 2. The Kier molecular flexibility index (Phi) is 3.65. The molecular weight excluding hydrogens is 162 g/mol. The molecule has 1 aromatic carbocycles. The predicted octanol–water partition coefficient (Wildman–Crippen LogP) is 1.41. The average molecular weight is 177 g/mol. The smallest absolute Gasteiger partial charge is 0.147 e. The van der Waals surface area contributed by atoms with Crippen LogP contribution in [0.3, 0.4) is 0 Å². The van der Waals surface area contributed by atoms with Crippen LogP contribution in [0.15, 0.2) is 30.3 Å². The summed E-state index contributed by atoms with van der Waals surface area (Å²) in [5.41, 5.74) is 1.19. The summed E-state index contributed by atoms with van der Waals surface area (Å²) in [6.07, 6.45) is 0.771. The van der Waals surface area contributed by atoms with Crippen molar-refractivity contribution in [1.29, 1.82) is 0 Å². The zero-order chi connectivity index (χ0) is 9.68. The van der Waals surface area contributed by atoms with Gasteiger partial charge in [0.05, 0.1) is 6.04 Å². The first-order valence-electron chi connectivity index (χ1n) is 4.45. The van der Waals surface area contributed by atoms with Gasteiger partial charge < -0.3 is 5.32 Å². The molecule has 0 aliphatic carbocycles. The molecule has 0 saturated heterocycles. The second-order valence-electron chi connectivity index (χ2n) is 3.14. The van der Waals surface area contributed by atoms with Crippen LogP contribution in [0.4, 0.5) is 0 Å². The fourth-order valence-corrected chi connectivity index (χ4v) is 1.30. The molecule has 0 amide bonds. The number of nitrogens with one attached hydrogen (secondary N) is 1. The van der Waals surface area contributed by atoms with Gasteiger partial charge in [-0.05, 0) is 26.0 Å². The molecule has 13 heavy (non-hydrogen) atoms. The molecule has 0 aromatic heterocycles. The molecule has 1 N–H and O–H groups in total. The van der Waals surface area contributed by atoms with E-state index in [0.717, 1.165) is 6.42 Å². The standard InChI is InChI=1S/C11H15NO/c1-9(13)11(12-2)8-10-6-4-3-5-7-10/h3-7,11-12H,8H2,1-2H3/t11-/m1/s1. The maximum atomic E-state index is 11.1. The van der Waals surface area contributed by atoms with Gasteiger partial charge in [0.25, 0.3) is 0 Å². The fraction of sp³-hybridized carbons (Fsp3) is 0.364. The quantitative estimate of drug-likeness (QED) is 0.753. The van der Waals surface area contributed by atoms with Gasteiger partial charge in [0.1, 0.15) is 5.78 Å². The average Bonchev–Trinajstić information content (AvgIpc) is 2.15. The van der Waals surface area contributed by atoms with Crippen molar-refractivity contribution in [3.63, 3.8) is 0 Å². The third kappa shape index (κ3) is 2.99. The van der Waals surface area contributed by atoms with Gasteiger partial charge in [0.15, 0.2) is 0 Å². The molecule has 0 fully saturated rings. The molecule has 0 spiro atoms. The van der Waals surface area contributed by atoms with Gasteiger partial charge in [-0.25, -0.2) is 0 Å². The number of Topliss-reactive ketones (excluding diaryl/α,β-unsaturated/α-hetero) is 1. The minimum Gasteiger partial charge on any atom is -0.310 e. The van der Waals surface area contributed by atoms with Crippen molar-refractivity contribution < 1.29 is 4.79 Å². The number of carbonyl (C=O) groups is 1. The van der Waals surface area contributed by atoms with Crippen molar-refractivity contribution in [1.82, 2.24) is 5.32 Å². The number of likely N-dealkylation sites (N-methyl/N-ethyl adjacent to an activating group) is 1. The van der Waals surface area contributed by atoms with Crippen LogP contribution in [-0.2, 0) is 11.2 Å². The van der Waals surface area contributed by atoms with Crippen LogP contribution in [0.1, 0.15) is 12.5 Å². The summed E-state index contributed by atoms with van der Waals surface area (Å²) in [5.74, 6) is 0.186. The zero-order valence-electron chi connectivity index (χ0n) is 8.08. The number of carbonyl (C=O) groups excluding carboxylic acids is 1. The lowest BCUT2D eigenvalue weighted by Gasteiger charge is -2.11. The lowest BCUT2D eigenvalue weighted by molar-refractivity contribution is -0.118. The van der Waals surface area contributed by atoms with Crippen LogP contribution in [0, 0.1) is 0 Å². The van der Waals surface area contributed by atoms with Gasteiger partial charge >= 0.3 is 0 Å². The molecule has 2 nitrogen and oxygen atoms in total. The zero-order valence-corrected chi connectivity index (χ0v) is 8.08. The first-order chi connectivity index (χ1) is 6.24. The van der Waals surface area contributed by atoms with Gasteiger partial charge in [-0.15, -0.1) is 0 Å². The van der Waals surface area contributed by atoms with Gasteiger partial charge in [-0.1, -0.05) is 30.3 Å². The second-order valence-corrected chi connectivity index (χ2v) is 3.14. The number of hydrogen-bond donors (Lipinski definition) is 1. The maximum Gasteiger partial charge on any atom is 0.147 e. The van der Waals surface area contributed by atoms with E-state index in [1.54, 1.807) is 6.92 Å². The van der Waals surface area contributed by atoms with Crippen LogP contribution < -0.4 is 5.32 Å². The first kappa shape index (κ1) is 9.93. The molecule has 0 aliphatic heterocycles. The van der Waals surface area contributed by atoms with Gasteiger partial charge in [0.2, 0.25) is 0 Å². The molecule has 1 rings (SSSR count). The van der Waals surface area contributed by atoms with Crippen LogP contribution in [0.25, 0.3) is 0 Å². The van der Waals surface area contributed by atoms with Gasteiger partial charge in [-0.3, -0.25) is 4.79 Å². The summed E-state index contributed by atoms with van der Waals surface area (Å²) >= 11 is 0. The molecule has 2 heteroatoms.